The summed E-state index contributed by atoms with van der Waals surface area (Å²) in [4.78, 5) is 29.1. The predicted octanol–water partition coefficient (Wildman–Crippen LogP) is 4.69. The van der Waals surface area contributed by atoms with Crippen LogP contribution in [-0.4, -0.2) is 43.8 Å². The first-order valence-electron chi connectivity index (χ1n) is 12.5. The van der Waals surface area contributed by atoms with Gasteiger partial charge in [0.25, 0.3) is 0 Å². The summed E-state index contributed by atoms with van der Waals surface area (Å²) in [5.41, 5.74) is 2.00. The molecule has 0 saturated carbocycles. The molecule has 4 rings (SSSR count). The van der Waals surface area contributed by atoms with Crippen molar-refractivity contribution >= 4 is 22.8 Å². The zero-order valence-corrected chi connectivity index (χ0v) is 21.4. The molecule has 0 saturated heterocycles. The number of carbonyl (C=O) groups is 2. The van der Waals surface area contributed by atoms with Gasteiger partial charge in [0.05, 0.1) is 5.52 Å². The highest BCUT2D eigenvalue weighted by atomic mass is 19.1. The maximum Gasteiger partial charge on any atom is 0.247 e. The Balaban J connectivity index is 1.73. The van der Waals surface area contributed by atoms with Gasteiger partial charge in [0.2, 0.25) is 11.8 Å². The lowest BCUT2D eigenvalue weighted by Gasteiger charge is -2.34. The van der Waals surface area contributed by atoms with Crippen molar-refractivity contribution in [2.75, 3.05) is 6.54 Å². The van der Waals surface area contributed by atoms with Crippen LogP contribution in [0.1, 0.15) is 44.4 Å². The van der Waals surface area contributed by atoms with Gasteiger partial charge in [-0.2, -0.15) is 0 Å². The van der Waals surface area contributed by atoms with Crippen LogP contribution in [0, 0.1) is 5.82 Å². The molecule has 4 aromatic rings. The minimum absolute atomic E-state index is 0.134. The monoisotopic (exact) mass is 501 g/mol. The number of nitrogens with zero attached hydrogens (tertiary/aromatic N) is 4. The van der Waals surface area contributed by atoms with Crippen LogP contribution in [0.25, 0.3) is 11.0 Å². The molecule has 3 aromatic carbocycles. The molecule has 0 spiro atoms. The third-order valence-electron chi connectivity index (χ3n) is 6.62. The smallest absolute Gasteiger partial charge is 0.247 e. The van der Waals surface area contributed by atoms with Crippen molar-refractivity contribution < 1.29 is 14.0 Å². The molecule has 0 bridgehead atoms. The lowest BCUT2D eigenvalue weighted by Crippen LogP contribution is -2.51. The molecule has 1 atom stereocenters. The van der Waals surface area contributed by atoms with Gasteiger partial charge in [-0.15, -0.1) is 5.10 Å². The Bertz CT molecular complexity index is 1370. The van der Waals surface area contributed by atoms with E-state index in [1.165, 1.54) is 15.6 Å². The van der Waals surface area contributed by atoms with Crippen molar-refractivity contribution in [3.8, 4) is 0 Å². The molecule has 37 heavy (non-hydrogen) atoms. The second-order valence-corrected chi connectivity index (χ2v) is 9.71. The van der Waals surface area contributed by atoms with Crippen molar-refractivity contribution in [2.45, 2.75) is 51.7 Å². The van der Waals surface area contributed by atoms with Crippen molar-refractivity contribution in [3.05, 3.63) is 95.8 Å². The first-order chi connectivity index (χ1) is 17.8. The number of halogens is 1. The fraction of sp³-hybridized carbons (Fsp3) is 0.310. The molecule has 0 aliphatic carbocycles. The fourth-order valence-electron chi connectivity index (χ4n) is 4.18. The Hall–Kier alpha value is -4.07. The van der Waals surface area contributed by atoms with Crippen molar-refractivity contribution in [3.63, 3.8) is 0 Å². The normalized spacial score (nSPS) is 12.3. The second kappa shape index (κ2) is 11.3. The summed E-state index contributed by atoms with van der Waals surface area (Å²) in [6, 6.07) is 22.0. The zero-order valence-electron chi connectivity index (χ0n) is 21.4. The highest BCUT2D eigenvalue weighted by Gasteiger charge is 2.35. The van der Waals surface area contributed by atoms with E-state index in [0.29, 0.717) is 23.9 Å². The van der Waals surface area contributed by atoms with Gasteiger partial charge in [0.1, 0.15) is 23.9 Å². The number of hydrogen-bond acceptors (Lipinski definition) is 4. The number of carbonyl (C=O) groups excluding carboxylic acids is 2. The van der Waals surface area contributed by atoms with E-state index in [1.54, 1.807) is 18.2 Å². The van der Waals surface area contributed by atoms with Gasteiger partial charge in [0.15, 0.2) is 0 Å². The van der Waals surface area contributed by atoms with E-state index in [4.69, 9.17) is 0 Å². The van der Waals surface area contributed by atoms with Crippen LogP contribution in [0.3, 0.4) is 0 Å². The summed E-state index contributed by atoms with van der Waals surface area (Å²) in [7, 11) is 0. The Morgan fingerprint density at radius 2 is 1.68 bits per heavy atom. The molecule has 192 valence electrons. The highest BCUT2D eigenvalue weighted by Crippen LogP contribution is 2.26. The zero-order chi connectivity index (χ0) is 26.4. The number of para-hydroxylation sites is 1. The molecule has 8 heteroatoms. The fourth-order valence-corrected chi connectivity index (χ4v) is 4.18. The molecule has 7 nitrogen and oxygen atoms in total. The topological polar surface area (TPSA) is 80.1 Å². The van der Waals surface area contributed by atoms with Gasteiger partial charge in [-0.05, 0) is 50.5 Å². The Kier molecular flexibility index (Phi) is 7.96. The van der Waals surface area contributed by atoms with Crippen LogP contribution >= 0.6 is 0 Å². The standard InChI is InChI=1S/C29H32FN5O2/c1-4-29(2,3)31-28(37)27(22-14-8-9-15-23(22)30)34(19-18-21-12-6-5-7-13-21)26(36)20-35-25-17-11-10-16-24(25)32-33-35/h5-17,27H,4,18-20H2,1-3H3,(H,31,37)/t27-/m0/s1. The predicted molar refractivity (Wildman–Crippen MR) is 141 cm³/mol. The van der Waals surface area contributed by atoms with Gasteiger partial charge in [-0.1, -0.05) is 72.8 Å². The molecule has 1 heterocycles. The van der Waals surface area contributed by atoms with Crippen LogP contribution in [0.4, 0.5) is 4.39 Å². The molecule has 0 aliphatic heterocycles. The van der Waals surface area contributed by atoms with Crippen molar-refractivity contribution in [2.24, 2.45) is 0 Å². The molecular formula is C29H32FN5O2. The lowest BCUT2D eigenvalue weighted by atomic mass is 9.98. The lowest BCUT2D eigenvalue weighted by molar-refractivity contribution is -0.142. The van der Waals surface area contributed by atoms with E-state index < -0.39 is 23.3 Å². The third kappa shape index (κ3) is 6.20. The van der Waals surface area contributed by atoms with Crippen LogP contribution in [-0.2, 0) is 22.6 Å². The van der Waals surface area contributed by atoms with E-state index in [2.05, 4.69) is 15.6 Å². The number of benzene rings is 3. The quantitative estimate of drug-likeness (QED) is 0.342. The number of aromatic nitrogens is 3. The molecule has 1 aromatic heterocycles. The van der Waals surface area contributed by atoms with Gasteiger partial charge in [-0.25, -0.2) is 9.07 Å². The SMILES string of the molecule is CCC(C)(C)NC(=O)[C@H](c1ccccc1F)N(CCc1ccccc1)C(=O)Cn1nnc2ccccc21. The van der Waals surface area contributed by atoms with Crippen LogP contribution in [0.2, 0.25) is 0 Å². The van der Waals surface area contributed by atoms with E-state index in [1.807, 2.05) is 75.4 Å². The molecule has 0 fully saturated rings. The molecule has 2 amide bonds. The summed E-state index contributed by atoms with van der Waals surface area (Å²) < 4.78 is 16.7. The number of nitrogens with one attached hydrogen (secondary N) is 1. The van der Waals surface area contributed by atoms with Gasteiger partial charge in [0, 0.05) is 17.6 Å². The van der Waals surface area contributed by atoms with Crippen molar-refractivity contribution in [1.82, 2.24) is 25.2 Å². The maximum absolute atomic E-state index is 15.1. The summed E-state index contributed by atoms with van der Waals surface area (Å²) in [6.07, 6.45) is 1.17. The first kappa shape index (κ1) is 26.0. The number of rotatable bonds is 10. The summed E-state index contributed by atoms with van der Waals surface area (Å²) in [6.45, 7) is 5.85. The highest BCUT2D eigenvalue weighted by molar-refractivity contribution is 5.89. The van der Waals surface area contributed by atoms with E-state index in [0.717, 1.165) is 5.56 Å². The number of hydrogen-bond donors (Lipinski definition) is 1. The van der Waals surface area contributed by atoms with E-state index in [9.17, 15) is 9.59 Å². The molecule has 1 N–H and O–H groups in total. The Labute approximate surface area is 216 Å². The molecule has 0 aliphatic rings. The summed E-state index contributed by atoms with van der Waals surface area (Å²) in [5.74, 6) is -1.33. The first-order valence-corrected chi connectivity index (χ1v) is 12.5. The Morgan fingerprint density at radius 3 is 2.41 bits per heavy atom. The molecule has 0 radical (unpaired) electrons. The second-order valence-electron chi connectivity index (χ2n) is 9.71. The van der Waals surface area contributed by atoms with Gasteiger partial charge < -0.3 is 10.2 Å². The van der Waals surface area contributed by atoms with Crippen LogP contribution in [0.5, 0.6) is 0 Å². The van der Waals surface area contributed by atoms with Crippen molar-refractivity contribution in [1.29, 1.82) is 0 Å². The average molecular weight is 502 g/mol. The maximum atomic E-state index is 15.1. The third-order valence-corrected chi connectivity index (χ3v) is 6.62. The largest absolute Gasteiger partial charge is 0.349 e. The molecule has 0 unspecified atom stereocenters. The van der Waals surface area contributed by atoms with Crippen LogP contribution < -0.4 is 5.32 Å². The molecular weight excluding hydrogens is 469 g/mol. The van der Waals surface area contributed by atoms with E-state index >= 15 is 4.39 Å². The number of amides is 2. The number of fused-ring (bicyclic) bond motifs is 1. The minimum Gasteiger partial charge on any atom is -0.349 e. The average Bonchev–Trinajstić information content (AvgIpc) is 3.30. The summed E-state index contributed by atoms with van der Waals surface area (Å²) >= 11 is 0. The minimum atomic E-state index is -1.15. The van der Waals surface area contributed by atoms with Gasteiger partial charge in [-0.3, -0.25) is 9.59 Å². The Morgan fingerprint density at radius 1 is 1.00 bits per heavy atom. The van der Waals surface area contributed by atoms with Gasteiger partial charge >= 0.3 is 0 Å². The van der Waals surface area contributed by atoms with E-state index in [-0.39, 0.29) is 24.6 Å². The summed E-state index contributed by atoms with van der Waals surface area (Å²) in [5, 5.41) is 11.3. The van der Waals surface area contributed by atoms with Crippen LogP contribution in [0.15, 0.2) is 78.9 Å².